The molecule has 1 amide bonds. The van der Waals surface area contributed by atoms with Gasteiger partial charge in [0.05, 0.1) is 23.3 Å². The van der Waals surface area contributed by atoms with Gasteiger partial charge in [-0.15, -0.1) is 0 Å². The molecule has 9 heteroatoms. The third kappa shape index (κ3) is 5.75. The van der Waals surface area contributed by atoms with Crippen molar-refractivity contribution in [2.24, 2.45) is 4.99 Å². The van der Waals surface area contributed by atoms with E-state index in [1.807, 2.05) is 13.0 Å². The Bertz CT molecular complexity index is 1340. The number of methoxy groups -OCH3 is 1. The van der Waals surface area contributed by atoms with Crippen molar-refractivity contribution in [1.82, 2.24) is 4.90 Å². The molecule has 1 aliphatic rings. The van der Waals surface area contributed by atoms with E-state index < -0.39 is 5.97 Å². The topological polar surface area (TPSA) is 88.4 Å². The van der Waals surface area contributed by atoms with E-state index in [2.05, 4.69) is 4.99 Å². The van der Waals surface area contributed by atoms with Gasteiger partial charge >= 0.3 is 5.97 Å². The molecule has 0 unspecified atom stereocenters. The molecule has 0 spiro atoms. The van der Waals surface area contributed by atoms with E-state index in [9.17, 15) is 14.0 Å². The molecular weight excluding hydrogens is 483 g/mol. The number of carboxylic acids is 1. The van der Waals surface area contributed by atoms with E-state index in [0.717, 1.165) is 11.1 Å². The molecule has 0 aliphatic carbocycles. The summed E-state index contributed by atoms with van der Waals surface area (Å²) in [6, 6.07) is 17.6. The monoisotopic (exact) mass is 506 g/mol. The maximum Gasteiger partial charge on any atom is 0.335 e. The summed E-state index contributed by atoms with van der Waals surface area (Å²) < 4.78 is 24.6. The number of aliphatic imine (C=N–C) groups is 1. The fourth-order valence-corrected chi connectivity index (χ4v) is 4.51. The first-order valence-electron chi connectivity index (χ1n) is 11.1. The van der Waals surface area contributed by atoms with E-state index in [0.29, 0.717) is 33.8 Å². The average Bonchev–Trinajstić information content (AvgIpc) is 3.17. The number of likely N-dealkylation sites (N-methyl/N-ethyl adjacent to an activating group) is 1. The Morgan fingerprint density at radius 2 is 1.81 bits per heavy atom. The number of halogens is 1. The molecule has 1 N–H and O–H groups in total. The largest absolute Gasteiger partial charge is 0.493 e. The van der Waals surface area contributed by atoms with Gasteiger partial charge in [-0.25, -0.2) is 14.2 Å². The lowest BCUT2D eigenvalue weighted by Gasteiger charge is -2.12. The number of amides is 1. The van der Waals surface area contributed by atoms with Crippen LogP contribution in [0.25, 0.3) is 6.08 Å². The quantitative estimate of drug-likeness (QED) is 0.392. The maximum atomic E-state index is 13.2. The lowest BCUT2D eigenvalue weighted by Crippen LogP contribution is -2.28. The molecule has 1 aliphatic heterocycles. The van der Waals surface area contributed by atoms with Crippen LogP contribution in [-0.4, -0.2) is 40.7 Å². The summed E-state index contributed by atoms with van der Waals surface area (Å²) in [6.45, 7) is 2.55. The summed E-state index contributed by atoms with van der Waals surface area (Å²) in [5.41, 5.74) is 2.33. The Hall–Kier alpha value is -4.11. The molecule has 0 saturated carbocycles. The first kappa shape index (κ1) is 25.0. The number of ether oxygens (including phenoxy) is 2. The van der Waals surface area contributed by atoms with Crippen LogP contribution in [0.3, 0.4) is 0 Å². The van der Waals surface area contributed by atoms with Crippen LogP contribution in [0.2, 0.25) is 0 Å². The van der Waals surface area contributed by atoms with Gasteiger partial charge in [-0.2, -0.15) is 0 Å². The SMILES string of the molecule is CCN1C(=O)/C(=C/c2ccc(OCc3ccc(C(=O)O)cc3)c(OC)c2)SC1=Nc1ccc(F)cc1. The van der Waals surface area contributed by atoms with E-state index >= 15 is 0 Å². The van der Waals surface area contributed by atoms with Crippen LogP contribution in [0.5, 0.6) is 11.5 Å². The van der Waals surface area contributed by atoms with Crippen LogP contribution in [0.1, 0.15) is 28.4 Å². The molecule has 0 aromatic heterocycles. The number of nitrogens with zero attached hydrogens (tertiary/aromatic N) is 2. The number of hydrogen-bond acceptors (Lipinski definition) is 6. The smallest absolute Gasteiger partial charge is 0.335 e. The van der Waals surface area contributed by atoms with Crippen molar-refractivity contribution in [1.29, 1.82) is 0 Å². The van der Waals surface area contributed by atoms with Crippen LogP contribution in [-0.2, 0) is 11.4 Å². The van der Waals surface area contributed by atoms with Gasteiger partial charge in [0.1, 0.15) is 12.4 Å². The Labute approximate surface area is 211 Å². The van der Waals surface area contributed by atoms with Crippen molar-refractivity contribution in [2.75, 3.05) is 13.7 Å². The molecule has 1 heterocycles. The predicted molar refractivity (Wildman–Crippen MR) is 137 cm³/mol. The minimum absolute atomic E-state index is 0.160. The zero-order valence-corrected chi connectivity index (χ0v) is 20.4. The number of carbonyl (C=O) groups is 2. The standard InChI is InChI=1S/C27H23FN2O5S/c1-3-30-25(31)24(36-27(30)29-21-11-9-20(28)10-12-21)15-18-6-13-22(23(14-18)34-2)35-16-17-4-7-19(8-5-17)26(32)33/h4-15H,3,16H2,1-2H3,(H,32,33)/b24-15-,29-27?. The normalized spacial score (nSPS) is 15.5. The number of hydrogen-bond donors (Lipinski definition) is 1. The van der Waals surface area contributed by atoms with Crippen molar-refractivity contribution in [2.45, 2.75) is 13.5 Å². The second-order valence-electron chi connectivity index (χ2n) is 7.73. The van der Waals surface area contributed by atoms with Crippen LogP contribution < -0.4 is 9.47 Å². The minimum Gasteiger partial charge on any atom is -0.493 e. The number of rotatable bonds is 8. The molecule has 4 rings (SSSR count). The molecular formula is C27H23FN2O5S. The van der Waals surface area contributed by atoms with Gasteiger partial charge < -0.3 is 14.6 Å². The molecule has 0 bridgehead atoms. The zero-order valence-electron chi connectivity index (χ0n) is 19.6. The summed E-state index contributed by atoms with van der Waals surface area (Å²) >= 11 is 1.25. The summed E-state index contributed by atoms with van der Waals surface area (Å²) in [4.78, 5) is 30.5. The van der Waals surface area contributed by atoms with Crippen LogP contribution in [0.4, 0.5) is 10.1 Å². The summed E-state index contributed by atoms with van der Waals surface area (Å²) in [7, 11) is 1.53. The van der Waals surface area contributed by atoms with Crippen molar-refractivity contribution in [3.05, 3.63) is 94.1 Å². The molecule has 184 valence electrons. The van der Waals surface area contributed by atoms with Gasteiger partial charge in [0.2, 0.25) is 0 Å². The Balaban J connectivity index is 1.51. The average molecular weight is 507 g/mol. The third-order valence-corrected chi connectivity index (χ3v) is 6.34. The molecule has 1 saturated heterocycles. The van der Waals surface area contributed by atoms with Crippen molar-refractivity contribution in [3.8, 4) is 11.5 Å². The number of aromatic carboxylic acids is 1. The summed E-state index contributed by atoms with van der Waals surface area (Å²) in [5.74, 6) is -0.480. The molecule has 0 radical (unpaired) electrons. The highest BCUT2D eigenvalue weighted by Gasteiger charge is 2.32. The fourth-order valence-electron chi connectivity index (χ4n) is 3.45. The van der Waals surface area contributed by atoms with Gasteiger partial charge in [0.25, 0.3) is 5.91 Å². The van der Waals surface area contributed by atoms with Gasteiger partial charge in [-0.3, -0.25) is 9.69 Å². The van der Waals surface area contributed by atoms with E-state index in [4.69, 9.17) is 14.6 Å². The number of benzene rings is 3. The van der Waals surface area contributed by atoms with Crippen LogP contribution in [0.15, 0.2) is 76.6 Å². The fraction of sp³-hybridized carbons (Fsp3) is 0.148. The van der Waals surface area contributed by atoms with E-state index in [1.54, 1.807) is 47.4 Å². The van der Waals surface area contributed by atoms with Crippen molar-refractivity contribution < 1.29 is 28.6 Å². The second kappa shape index (κ2) is 11.1. The third-order valence-electron chi connectivity index (χ3n) is 5.34. The predicted octanol–water partition coefficient (Wildman–Crippen LogP) is 5.74. The zero-order chi connectivity index (χ0) is 25.7. The number of carboxylic acid groups (broad SMARTS) is 1. The summed E-state index contributed by atoms with van der Waals surface area (Å²) in [5, 5.41) is 9.55. The molecule has 36 heavy (non-hydrogen) atoms. The Morgan fingerprint density at radius 1 is 1.08 bits per heavy atom. The Kier molecular flexibility index (Phi) is 7.70. The highest BCUT2D eigenvalue weighted by molar-refractivity contribution is 8.18. The molecule has 0 atom stereocenters. The highest BCUT2D eigenvalue weighted by atomic mass is 32.2. The van der Waals surface area contributed by atoms with Crippen molar-refractivity contribution in [3.63, 3.8) is 0 Å². The van der Waals surface area contributed by atoms with Gasteiger partial charge in [0.15, 0.2) is 16.7 Å². The van der Waals surface area contributed by atoms with Gasteiger partial charge in [0, 0.05) is 6.54 Å². The van der Waals surface area contributed by atoms with Gasteiger partial charge in [-0.05, 0) is 84.4 Å². The molecule has 3 aromatic rings. The van der Waals surface area contributed by atoms with Gasteiger partial charge in [-0.1, -0.05) is 18.2 Å². The number of thioether (sulfide) groups is 1. The van der Waals surface area contributed by atoms with Crippen LogP contribution in [0, 0.1) is 5.82 Å². The van der Waals surface area contributed by atoms with E-state index in [1.165, 1.54) is 43.1 Å². The van der Waals surface area contributed by atoms with Crippen LogP contribution >= 0.6 is 11.8 Å². The second-order valence-corrected chi connectivity index (χ2v) is 8.74. The Morgan fingerprint density at radius 3 is 2.44 bits per heavy atom. The molecule has 1 fully saturated rings. The lowest BCUT2D eigenvalue weighted by atomic mass is 10.1. The maximum absolute atomic E-state index is 13.2. The van der Waals surface area contributed by atoms with E-state index in [-0.39, 0.29) is 23.9 Å². The lowest BCUT2D eigenvalue weighted by molar-refractivity contribution is -0.122. The first-order chi connectivity index (χ1) is 17.4. The first-order valence-corrected chi connectivity index (χ1v) is 11.9. The summed E-state index contributed by atoms with van der Waals surface area (Å²) in [6.07, 6.45) is 1.76. The minimum atomic E-state index is -0.983. The molecule has 7 nitrogen and oxygen atoms in total. The molecule has 3 aromatic carbocycles. The van der Waals surface area contributed by atoms with Crippen molar-refractivity contribution >= 4 is 40.6 Å². The highest BCUT2D eigenvalue weighted by Crippen LogP contribution is 2.36. The number of carbonyl (C=O) groups excluding carboxylic acids is 1. The number of amidine groups is 1.